The molecule has 1 amide bonds. The number of anilines is 1. The molecule has 0 saturated heterocycles. The van der Waals surface area contributed by atoms with Crippen LogP contribution in [0.4, 0.5) is 18.9 Å². The van der Waals surface area contributed by atoms with Gasteiger partial charge >= 0.3 is 6.18 Å². The highest BCUT2D eigenvalue weighted by Gasteiger charge is 2.38. The molecule has 0 spiro atoms. The van der Waals surface area contributed by atoms with E-state index < -0.39 is 24.5 Å². The van der Waals surface area contributed by atoms with Gasteiger partial charge in [0.2, 0.25) is 11.7 Å². The molecule has 0 aliphatic rings. The molecule has 130 valence electrons. The maximum Gasteiger partial charge on any atom is 0.449 e. The zero-order valence-electron chi connectivity index (χ0n) is 13.1. The summed E-state index contributed by atoms with van der Waals surface area (Å²) in [6.45, 7) is 1.32. The number of nitrogens with zero attached hydrogens (tertiary/aromatic N) is 2. The first-order chi connectivity index (χ1) is 11.8. The van der Waals surface area contributed by atoms with E-state index in [0.717, 1.165) is 14.6 Å². The van der Waals surface area contributed by atoms with Crippen molar-refractivity contribution in [3.63, 3.8) is 0 Å². The van der Waals surface area contributed by atoms with Crippen LogP contribution in [0.1, 0.15) is 11.4 Å². The molecule has 2 aromatic carbocycles. The minimum Gasteiger partial charge on any atom is -0.324 e. The molecule has 0 saturated carbocycles. The van der Waals surface area contributed by atoms with Gasteiger partial charge in [0, 0.05) is 10.2 Å². The Hall–Kier alpha value is -2.35. The van der Waals surface area contributed by atoms with Crippen LogP contribution >= 0.6 is 15.9 Å². The van der Waals surface area contributed by atoms with Crippen molar-refractivity contribution in [2.24, 2.45) is 0 Å². The van der Waals surface area contributed by atoms with Gasteiger partial charge in [-0.05, 0) is 42.8 Å². The number of amides is 1. The number of halogens is 4. The van der Waals surface area contributed by atoms with Gasteiger partial charge in [-0.2, -0.15) is 13.2 Å². The number of benzene rings is 2. The fourth-order valence-electron chi connectivity index (χ4n) is 2.55. The molecular formula is C17H13BrF3N3O. The minimum atomic E-state index is -4.65. The van der Waals surface area contributed by atoms with Crippen LogP contribution in [0.2, 0.25) is 0 Å². The van der Waals surface area contributed by atoms with Crippen LogP contribution in [-0.2, 0) is 17.5 Å². The quantitative estimate of drug-likeness (QED) is 0.674. The fraction of sp³-hybridized carbons (Fsp3) is 0.176. The number of aryl methyl sites for hydroxylation is 1. The Morgan fingerprint density at radius 1 is 1.24 bits per heavy atom. The number of fused-ring (bicyclic) bond motifs is 1. The highest BCUT2D eigenvalue weighted by molar-refractivity contribution is 9.10. The Kier molecular flexibility index (Phi) is 4.55. The largest absolute Gasteiger partial charge is 0.449 e. The predicted octanol–water partition coefficient (Wildman–Crippen LogP) is 4.76. The molecule has 0 aliphatic carbocycles. The van der Waals surface area contributed by atoms with Gasteiger partial charge in [0.05, 0.1) is 11.0 Å². The van der Waals surface area contributed by atoms with Gasteiger partial charge < -0.3 is 9.88 Å². The highest BCUT2D eigenvalue weighted by Crippen LogP contribution is 2.31. The number of hydrogen-bond acceptors (Lipinski definition) is 2. The number of carbonyl (C=O) groups excluding carboxylic acids is 1. The van der Waals surface area contributed by atoms with Crippen LogP contribution in [0, 0.1) is 6.92 Å². The van der Waals surface area contributed by atoms with Crippen molar-refractivity contribution in [2.45, 2.75) is 19.6 Å². The topological polar surface area (TPSA) is 46.9 Å². The SMILES string of the molecule is Cc1cc(Br)ccc1NC(=O)Cn1c(C(F)(F)F)nc2ccccc21. The van der Waals surface area contributed by atoms with Crippen LogP contribution in [0.25, 0.3) is 11.0 Å². The van der Waals surface area contributed by atoms with E-state index in [1.165, 1.54) is 12.1 Å². The van der Waals surface area contributed by atoms with Crippen LogP contribution in [0.3, 0.4) is 0 Å². The molecule has 1 heterocycles. The van der Waals surface area contributed by atoms with Crippen molar-refractivity contribution in [3.8, 4) is 0 Å². The first-order valence-electron chi connectivity index (χ1n) is 7.34. The van der Waals surface area contributed by atoms with Gasteiger partial charge in [0.1, 0.15) is 6.54 Å². The molecule has 3 aromatic rings. The van der Waals surface area contributed by atoms with Gasteiger partial charge in [-0.25, -0.2) is 4.98 Å². The zero-order chi connectivity index (χ0) is 18.2. The van der Waals surface area contributed by atoms with Crippen molar-refractivity contribution >= 4 is 38.6 Å². The van der Waals surface area contributed by atoms with Gasteiger partial charge in [-0.3, -0.25) is 4.79 Å². The summed E-state index contributed by atoms with van der Waals surface area (Å²) in [5, 5.41) is 2.64. The Labute approximate surface area is 149 Å². The van der Waals surface area contributed by atoms with Crippen molar-refractivity contribution in [3.05, 3.63) is 58.3 Å². The summed E-state index contributed by atoms with van der Waals surface area (Å²) in [5.41, 5.74) is 1.81. The smallest absolute Gasteiger partial charge is 0.324 e. The third-order valence-corrected chi connectivity index (χ3v) is 4.17. The summed E-state index contributed by atoms with van der Waals surface area (Å²) in [6, 6.07) is 11.4. The van der Waals surface area contributed by atoms with Gasteiger partial charge in [-0.15, -0.1) is 0 Å². The van der Waals surface area contributed by atoms with Crippen LogP contribution < -0.4 is 5.32 Å². The van der Waals surface area contributed by atoms with Gasteiger partial charge in [-0.1, -0.05) is 28.1 Å². The minimum absolute atomic E-state index is 0.197. The maximum atomic E-state index is 13.3. The lowest BCUT2D eigenvalue weighted by Gasteiger charge is -2.13. The number of nitrogens with one attached hydrogen (secondary N) is 1. The normalized spacial score (nSPS) is 11.7. The monoisotopic (exact) mass is 411 g/mol. The number of alkyl halides is 3. The highest BCUT2D eigenvalue weighted by atomic mass is 79.9. The lowest BCUT2D eigenvalue weighted by Crippen LogP contribution is -2.23. The third-order valence-electron chi connectivity index (χ3n) is 3.67. The molecule has 8 heteroatoms. The average molecular weight is 412 g/mol. The lowest BCUT2D eigenvalue weighted by molar-refractivity contribution is -0.147. The number of imidazole rings is 1. The molecule has 0 fully saturated rings. The maximum absolute atomic E-state index is 13.3. The first-order valence-corrected chi connectivity index (χ1v) is 8.13. The van der Waals surface area contributed by atoms with E-state index in [0.29, 0.717) is 5.69 Å². The second-order valence-electron chi connectivity index (χ2n) is 5.52. The molecule has 0 aliphatic heterocycles. The number of rotatable bonds is 3. The van der Waals surface area contributed by atoms with E-state index in [-0.39, 0.29) is 11.0 Å². The lowest BCUT2D eigenvalue weighted by atomic mass is 10.2. The summed E-state index contributed by atoms with van der Waals surface area (Å²) in [4.78, 5) is 15.9. The van der Waals surface area contributed by atoms with Crippen LogP contribution in [0.5, 0.6) is 0 Å². The average Bonchev–Trinajstić information content (AvgIpc) is 2.89. The molecule has 25 heavy (non-hydrogen) atoms. The number of hydrogen-bond donors (Lipinski definition) is 1. The molecule has 0 atom stereocenters. The summed E-state index contributed by atoms with van der Waals surface area (Å²) < 4.78 is 41.5. The Bertz CT molecular complexity index is 950. The van der Waals surface area contributed by atoms with E-state index >= 15 is 0 Å². The van der Waals surface area contributed by atoms with Crippen LogP contribution in [0.15, 0.2) is 46.9 Å². The van der Waals surface area contributed by atoms with Crippen molar-refractivity contribution in [1.82, 2.24) is 9.55 Å². The first kappa shape index (κ1) is 17.5. The second kappa shape index (κ2) is 6.51. The van der Waals surface area contributed by atoms with E-state index in [1.807, 2.05) is 6.07 Å². The second-order valence-corrected chi connectivity index (χ2v) is 6.43. The standard InChI is InChI=1S/C17H13BrF3N3O/c1-10-8-11(18)6-7-12(10)22-15(25)9-24-14-5-3-2-4-13(14)23-16(24)17(19,20)21/h2-8H,9H2,1H3,(H,22,25). The molecule has 0 bridgehead atoms. The molecule has 1 N–H and O–H groups in total. The van der Waals surface area contributed by atoms with Crippen molar-refractivity contribution in [2.75, 3.05) is 5.32 Å². The molecule has 0 unspecified atom stereocenters. The summed E-state index contributed by atoms with van der Waals surface area (Å²) in [6.07, 6.45) is -4.65. The summed E-state index contributed by atoms with van der Waals surface area (Å²) in [7, 11) is 0. The summed E-state index contributed by atoms with van der Waals surface area (Å²) >= 11 is 3.32. The van der Waals surface area contributed by atoms with Gasteiger partial charge in [0.25, 0.3) is 0 Å². The zero-order valence-corrected chi connectivity index (χ0v) is 14.6. The number of carbonyl (C=O) groups is 1. The Morgan fingerprint density at radius 2 is 1.96 bits per heavy atom. The fourth-order valence-corrected chi connectivity index (χ4v) is 3.03. The Balaban J connectivity index is 1.93. The Morgan fingerprint density at radius 3 is 2.64 bits per heavy atom. The number of para-hydroxylation sites is 2. The number of aromatic nitrogens is 2. The predicted molar refractivity (Wildman–Crippen MR) is 92.2 cm³/mol. The third kappa shape index (κ3) is 3.68. The molecular weight excluding hydrogens is 399 g/mol. The summed E-state index contributed by atoms with van der Waals surface area (Å²) in [5.74, 6) is -1.64. The molecule has 3 rings (SSSR count). The molecule has 1 aromatic heterocycles. The van der Waals surface area contributed by atoms with Gasteiger partial charge in [0.15, 0.2) is 0 Å². The van der Waals surface area contributed by atoms with E-state index in [9.17, 15) is 18.0 Å². The van der Waals surface area contributed by atoms with Crippen molar-refractivity contribution in [1.29, 1.82) is 0 Å². The van der Waals surface area contributed by atoms with Crippen LogP contribution in [-0.4, -0.2) is 15.5 Å². The van der Waals surface area contributed by atoms with E-state index in [4.69, 9.17) is 0 Å². The molecule has 0 radical (unpaired) electrons. The van der Waals surface area contributed by atoms with Crippen molar-refractivity contribution < 1.29 is 18.0 Å². The molecule has 4 nitrogen and oxygen atoms in total. The van der Waals surface area contributed by atoms with E-state index in [1.54, 1.807) is 31.2 Å². The van der Waals surface area contributed by atoms with E-state index in [2.05, 4.69) is 26.2 Å².